The molecule has 0 atom stereocenters. The third-order valence-corrected chi connectivity index (χ3v) is 3.88. The van der Waals surface area contributed by atoms with E-state index in [0.29, 0.717) is 0 Å². The summed E-state index contributed by atoms with van der Waals surface area (Å²) in [6.07, 6.45) is 8.41. The molecule has 3 nitrogen and oxygen atoms in total. The molecule has 0 saturated heterocycles. The number of fused-ring (bicyclic) bond motifs is 1. The van der Waals surface area contributed by atoms with Crippen LogP contribution >= 0.6 is 11.3 Å². The molecule has 1 N–H and O–H groups in total. The molecule has 1 fully saturated rings. The molecule has 0 radical (unpaired) electrons. The fourth-order valence-corrected chi connectivity index (χ4v) is 2.68. The van der Waals surface area contributed by atoms with Crippen molar-refractivity contribution in [1.82, 2.24) is 14.7 Å². The Hall–Kier alpha value is -0.870. The summed E-state index contributed by atoms with van der Waals surface area (Å²) in [5.74, 6) is 0.925. The van der Waals surface area contributed by atoms with Crippen LogP contribution in [0.3, 0.4) is 0 Å². The van der Waals surface area contributed by atoms with Crippen molar-refractivity contribution in [3.8, 4) is 0 Å². The zero-order valence-electron chi connectivity index (χ0n) is 8.65. The van der Waals surface area contributed by atoms with Crippen molar-refractivity contribution in [2.24, 2.45) is 5.92 Å². The number of nitrogens with zero attached hydrogens (tertiary/aromatic N) is 2. The first kappa shape index (κ1) is 9.36. The molecule has 80 valence electrons. The lowest BCUT2D eigenvalue weighted by atomic mass is 9.85. The van der Waals surface area contributed by atoms with Crippen LogP contribution in [-0.2, 0) is 6.54 Å². The van der Waals surface area contributed by atoms with Gasteiger partial charge in [0.2, 0.25) is 0 Å². The first-order chi connectivity index (χ1) is 7.42. The van der Waals surface area contributed by atoms with Gasteiger partial charge in [0, 0.05) is 24.3 Å². The predicted molar refractivity (Wildman–Crippen MR) is 62.1 cm³/mol. The maximum Gasteiger partial charge on any atom is 0.193 e. The highest BCUT2D eigenvalue weighted by Gasteiger charge is 2.16. The zero-order valence-corrected chi connectivity index (χ0v) is 9.46. The summed E-state index contributed by atoms with van der Waals surface area (Å²) >= 11 is 1.69. The minimum atomic E-state index is 0.908. The molecule has 0 bridgehead atoms. The van der Waals surface area contributed by atoms with E-state index in [1.54, 1.807) is 11.3 Å². The van der Waals surface area contributed by atoms with E-state index >= 15 is 0 Å². The molecule has 0 amide bonds. The smallest absolute Gasteiger partial charge is 0.193 e. The quantitative estimate of drug-likeness (QED) is 0.858. The predicted octanol–water partition coefficient (Wildman–Crippen LogP) is 2.29. The Morgan fingerprint density at radius 3 is 3.20 bits per heavy atom. The average molecular weight is 221 g/mol. The second kappa shape index (κ2) is 3.94. The van der Waals surface area contributed by atoms with Crippen LogP contribution in [0.2, 0.25) is 0 Å². The van der Waals surface area contributed by atoms with Crippen LogP contribution in [-0.4, -0.2) is 15.9 Å². The lowest BCUT2D eigenvalue weighted by Crippen LogP contribution is -2.26. The molecule has 15 heavy (non-hydrogen) atoms. The van der Waals surface area contributed by atoms with E-state index in [0.717, 1.165) is 29.7 Å². The average Bonchev–Trinajstić information content (AvgIpc) is 2.68. The van der Waals surface area contributed by atoms with Crippen LogP contribution < -0.4 is 5.32 Å². The van der Waals surface area contributed by atoms with Crippen molar-refractivity contribution < 1.29 is 0 Å². The van der Waals surface area contributed by atoms with Crippen molar-refractivity contribution in [3.63, 3.8) is 0 Å². The summed E-state index contributed by atoms with van der Waals surface area (Å²) in [5, 5.41) is 5.55. The van der Waals surface area contributed by atoms with Crippen LogP contribution in [0.4, 0.5) is 0 Å². The zero-order chi connectivity index (χ0) is 10.1. The van der Waals surface area contributed by atoms with Gasteiger partial charge in [-0.05, 0) is 25.3 Å². The Morgan fingerprint density at radius 2 is 2.47 bits per heavy atom. The van der Waals surface area contributed by atoms with Crippen molar-refractivity contribution in [2.45, 2.75) is 25.8 Å². The normalized spacial score (nSPS) is 17.1. The van der Waals surface area contributed by atoms with Gasteiger partial charge in [-0.25, -0.2) is 4.98 Å². The number of hydrogen-bond acceptors (Lipinski definition) is 3. The Labute approximate surface area is 93.1 Å². The summed E-state index contributed by atoms with van der Waals surface area (Å²) in [6, 6.07) is 0. The number of imidazole rings is 1. The van der Waals surface area contributed by atoms with Crippen molar-refractivity contribution in [2.75, 3.05) is 6.54 Å². The Balaban J connectivity index is 1.55. The van der Waals surface area contributed by atoms with Crippen LogP contribution in [0.1, 0.15) is 25.0 Å². The largest absolute Gasteiger partial charge is 0.311 e. The highest BCUT2D eigenvalue weighted by molar-refractivity contribution is 7.15. The van der Waals surface area contributed by atoms with E-state index < -0.39 is 0 Å². The van der Waals surface area contributed by atoms with Gasteiger partial charge >= 0.3 is 0 Å². The molecule has 2 aromatic rings. The van der Waals surface area contributed by atoms with E-state index in [2.05, 4.69) is 32.5 Å². The number of rotatable bonds is 4. The second-order valence-corrected chi connectivity index (χ2v) is 5.13. The van der Waals surface area contributed by atoms with Gasteiger partial charge in [0.1, 0.15) is 0 Å². The van der Waals surface area contributed by atoms with Crippen molar-refractivity contribution in [1.29, 1.82) is 0 Å². The number of aromatic nitrogens is 2. The van der Waals surface area contributed by atoms with E-state index in [9.17, 15) is 0 Å². The third-order valence-electron chi connectivity index (χ3n) is 3.11. The Bertz CT molecular complexity index is 413. The number of thiazole rings is 1. The van der Waals surface area contributed by atoms with Gasteiger partial charge in [-0.1, -0.05) is 6.42 Å². The minimum absolute atomic E-state index is 0.908. The Kier molecular flexibility index (Phi) is 2.46. The van der Waals surface area contributed by atoms with E-state index in [1.807, 2.05) is 0 Å². The molecule has 1 aliphatic carbocycles. The molecule has 1 aliphatic rings. The highest BCUT2D eigenvalue weighted by Crippen LogP contribution is 2.25. The summed E-state index contributed by atoms with van der Waals surface area (Å²) in [4.78, 5) is 5.63. The molecule has 0 spiro atoms. The first-order valence-corrected chi connectivity index (χ1v) is 6.41. The maximum absolute atomic E-state index is 4.53. The van der Waals surface area contributed by atoms with Gasteiger partial charge in [0.25, 0.3) is 0 Å². The topological polar surface area (TPSA) is 29.3 Å². The molecule has 2 aromatic heterocycles. The fourth-order valence-electron chi connectivity index (χ4n) is 1.96. The lowest BCUT2D eigenvalue weighted by Gasteiger charge is -2.25. The molecule has 4 heteroatoms. The first-order valence-electron chi connectivity index (χ1n) is 5.53. The SMILES string of the molecule is c1cn2cc(CNCC3CCC3)nc2s1. The monoisotopic (exact) mass is 221 g/mol. The Morgan fingerprint density at radius 1 is 1.53 bits per heavy atom. The van der Waals surface area contributed by atoms with Crippen molar-refractivity contribution in [3.05, 3.63) is 23.5 Å². The van der Waals surface area contributed by atoms with Crippen LogP contribution in [0.25, 0.3) is 4.96 Å². The van der Waals surface area contributed by atoms with E-state index in [-0.39, 0.29) is 0 Å². The molecular formula is C11H15N3S. The molecule has 3 rings (SSSR count). The third kappa shape index (κ3) is 1.92. The van der Waals surface area contributed by atoms with E-state index in [4.69, 9.17) is 0 Å². The molecule has 0 aliphatic heterocycles. The number of nitrogens with one attached hydrogen (secondary N) is 1. The summed E-state index contributed by atoms with van der Waals surface area (Å²) in [7, 11) is 0. The van der Waals surface area contributed by atoms with Gasteiger partial charge in [0.15, 0.2) is 4.96 Å². The lowest BCUT2D eigenvalue weighted by molar-refractivity contribution is 0.301. The maximum atomic E-state index is 4.53. The van der Waals surface area contributed by atoms with Crippen LogP contribution in [0.5, 0.6) is 0 Å². The van der Waals surface area contributed by atoms with Gasteiger partial charge in [-0.3, -0.25) is 4.40 Å². The van der Waals surface area contributed by atoms with Crippen molar-refractivity contribution >= 4 is 16.3 Å². The van der Waals surface area contributed by atoms with Gasteiger partial charge in [0.05, 0.1) is 5.69 Å². The molecule has 0 aromatic carbocycles. The second-order valence-electron chi connectivity index (χ2n) is 4.25. The molecular weight excluding hydrogens is 206 g/mol. The molecule has 2 heterocycles. The summed E-state index contributed by atoms with van der Waals surface area (Å²) in [5.41, 5.74) is 1.15. The van der Waals surface area contributed by atoms with E-state index in [1.165, 1.54) is 19.3 Å². The standard InChI is InChI=1S/C11H15N3S/c1-2-9(3-1)6-12-7-10-8-14-4-5-15-11(14)13-10/h4-5,8-9,12H,1-3,6-7H2. The van der Waals surface area contributed by atoms with Crippen LogP contribution in [0.15, 0.2) is 17.8 Å². The fraction of sp³-hybridized carbons (Fsp3) is 0.545. The minimum Gasteiger partial charge on any atom is -0.311 e. The summed E-state index contributed by atoms with van der Waals surface area (Å²) in [6.45, 7) is 2.07. The van der Waals surface area contributed by atoms with Gasteiger partial charge in [-0.15, -0.1) is 11.3 Å². The van der Waals surface area contributed by atoms with Gasteiger partial charge < -0.3 is 5.32 Å². The van der Waals surface area contributed by atoms with Crippen LogP contribution in [0, 0.1) is 5.92 Å². The highest BCUT2D eigenvalue weighted by atomic mass is 32.1. The number of hydrogen-bond donors (Lipinski definition) is 1. The summed E-state index contributed by atoms with van der Waals surface area (Å²) < 4.78 is 2.09. The molecule has 1 saturated carbocycles. The molecule has 0 unspecified atom stereocenters. The van der Waals surface area contributed by atoms with Gasteiger partial charge in [-0.2, -0.15) is 0 Å².